The fraction of sp³-hybridized carbons (Fsp3) is 0.400. The molecule has 0 atom stereocenters. The quantitative estimate of drug-likeness (QED) is 0.727. The molecule has 5 heteroatoms. The van der Waals surface area contributed by atoms with Crippen LogP contribution < -0.4 is 0 Å². The first kappa shape index (κ1) is 11.6. The second kappa shape index (κ2) is 4.82. The topological polar surface area (TPSA) is 39.2 Å². The van der Waals surface area contributed by atoms with Crippen LogP contribution in [0.1, 0.15) is 35.1 Å². The van der Waals surface area contributed by atoms with Crippen LogP contribution in [-0.4, -0.2) is 17.6 Å². The van der Waals surface area contributed by atoms with Crippen molar-refractivity contribution < 1.29 is 18.3 Å². The van der Waals surface area contributed by atoms with Gasteiger partial charge in [-0.2, -0.15) is 0 Å². The van der Waals surface area contributed by atoms with E-state index in [0.717, 1.165) is 0 Å². The molecule has 0 unspecified atom stereocenters. The lowest BCUT2D eigenvalue weighted by molar-refractivity contribution is 0.0518. The van der Waals surface area contributed by atoms with Crippen molar-refractivity contribution in [2.24, 2.45) is 0 Å². The average molecular weight is 215 g/mol. The van der Waals surface area contributed by atoms with Crippen LogP contribution in [0.2, 0.25) is 0 Å². The molecular weight excluding hydrogens is 204 g/mol. The maximum atomic E-state index is 12.4. The minimum Gasteiger partial charge on any atom is -0.461 e. The average Bonchev–Trinajstić information content (AvgIpc) is 2.18. The van der Waals surface area contributed by atoms with E-state index in [0.29, 0.717) is 5.56 Å². The standard InChI is InChI=1S/C10H11F2NO2/c1-3-15-10(14)7-5-4-6(2)8(13-7)9(11)12/h4-5,9H,3H2,1-2H3. The molecule has 0 spiro atoms. The summed E-state index contributed by atoms with van der Waals surface area (Å²) in [6.07, 6.45) is -2.68. The molecule has 82 valence electrons. The number of alkyl halides is 2. The summed E-state index contributed by atoms with van der Waals surface area (Å²) >= 11 is 0. The van der Waals surface area contributed by atoms with Gasteiger partial charge in [0.2, 0.25) is 0 Å². The van der Waals surface area contributed by atoms with Gasteiger partial charge in [0.15, 0.2) is 0 Å². The molecule has 0 fully saturated rings. The highest BCUT2D eigenvalue weighted by atomic mass is 19.3. The van der Waals surface area contributed by atoms with E-state index >= 15 is 0 Å². The number of rotatable bonds is 3. The Bertz CT molecular complexity index is 366. The molecule has 0 saturated carbocycles. The number of halogens is 2. The number of esters is 1. The molecule has 0 N–H and O–H groups in total. The van der Waals surface area contributed by atoms with Gasteiger partial charge in [-0.1, -0.05) is 6.07 Å². The van der Waals surface area contributed by atoms with E-state index in [2.05, 4.69) is 9.72 Å². The largest absolute Gasteiger partial charge is 0.461 e. The lowest BCUT2D eigenvalue weighted by Gasteiger charge is -2.06. The lowest BCUT2D eigenvalue weighted by Crippen LogP contribution is -2.09. The number of pyridine rings is 1. The van der Waals surface area contributed by atoms with Crippen molar-refractivity contribution in [2.45, 2.75) is 20.3 Å². The van der Waals surface area contributed by atoms with Crippen molar-refractivity contribution in [3.05, 3.63) is 29.1 Å². The molecule has 0 aliphatic rings. The summed E-state index contributed by atoms with van der Waals surface area (Å²) in [6.45, 7) is 3.35. The SMILES string of the molecule is CCOC(=O)c1ccc(C)c(C(F)F)n1. The van der Waals surface area contributed by atoms with E-state index in [1.807, 2.05) is 0 Å². The van der Waals surface area contributed by atoms with E-state index in [1.165, 1.54) is 19.1 Å². The van der Waals surface area contributed by atoms with Crippen LogP contribution in [0.5, 0.6) is 0 Å². The lowest BCUT2D eigenvalue weighted by atomic mass is 10.2. The predicted octanol–water partition coefficient (Wildman–Crippen LogP) is 2.50. The molecule has 1 rings (SSSR count). The summed E-state index contributed by atoms with van der Waals surface area (Å²) in [5, 5.41) is 0. The Labute approximate surface area is 86.1 Å². The Morgan fingerprint density at radius 1 is 1.53 bits per heavy atom. The molecule has 15 heavy (non-hydrogen) atoms. The number of aryl methyl sites for hydroxylation is 1. The molecule has 0 radical (unpaired) electrons. The van der Waals surface area contributed by atoms with Gasteiger partial charge in [-0.15, -0.1) is 0 Å². The fourth-order valence-electron chi connectivity index (χ4n) is 1.08. The van der Waals surface area contributed by atoms with Crippen LogP contribution in [0.3, 0.4) is 0 Å². The third kappa shape index (κ3) is 2.71. The van der Waals surface area contributed by atoms with Crippen LogP contribution in [0.25, 0.3) is 0 Å². The van der Waals surface area contributed by atoms with Crippen LogP contribution >= 0.6 is 0 Å². The first-order chi connectivity index (χ1) is 7.06. The second-order valence-corrected chi connectivity index (χ2v) is 2.92. The molecule has 0 aromatic carbocycles. The molecule has 0 bridgehead atoms. The van der Waals surface area contributed by atoms with Crippen molar-refractivity contribution in [3.63, 3.8) is 0 Å². The maximum Gasteiger partial charge on any atom is 0.356 e. The van der Waals surface area contributed by atoms with E-state index in [1.54, 1.807) is 6.92 Å². The highest BCUT2D eigenvalue weighted by molar-refractivity contribution is 5.87. The van der Waals surface area contributed by atoms with E-state index in [9.17, 15) is 13.6 Å². The minimum atomic E-state index is -2.68. The van der Waals surface area contributed by atoms with Crippen LogP contribution in [0.4, 0.5) is 8.78 Å². The molecule has 1 aromatic heterocycles. The van der Waals surface area contributed by atoms with Gasteiger partial charge < -0.3 is 4.74 Å². The third-order valence-electron chi connectivity index (χ3n) is 1.83. The summed E-state index contributed by atoms with van der Waals surface area (Å²) in [4.78, 5) is 14.8. The smallest absolute Gasteiger partial charge is 0.356 e. The number of hydrogen-bond acceptors (Lipinski definition) is 3. The van der Waals surface area contributed by atoms with Crippen LogP contribution in [-0.2, 0) is 4.74 Å². The maximum absolute atomic E-state index is 12.4. The Balaban J connectivity index is 3.02. The van der Waals surface area contributed by atoms with E-state index < -0.39 is 12.4 Å². The number of aromatic nitrogens is 1. The summed E-state index contributed by atoms with van der Waals surface area (Å²) in [5.41, 5.74) is -0.101. The molecule has 1 heterocycles. The van der Waals surface area contributed by atoms with Gasteiger partial charge in [-0.3, -0.25) is 0 Å². The molecule has 3 nitrogen and oxygen atoms in total. The monoisotopic (exact) mass is 215 g/mol. The summed E-state index contributed by atoms with van der Waals surface area (Å²) in [7, 11) is 0. The molecule has 0 aliphatic carbocycles. The normalized spacial score (nSPS) is 10.5. The Kier molecular flexibility index (Phi) is 3.71. The van der Waals surface area contributed by atoms with Crippen molar-refractivity contribution >= 4 is 5.97 Å². The molecule has 0 aliphatic heterocycles. The van der Waals surface area contributed by atoms with Gasteiger partial charge >= 0.3 is 5.97 Å². The van der Waals surface area contributed by atoms with Crippen LogP contribution in [0.15, 0.2) is 12.1 Å². The van der Waals surface area contributed by atoms with Crippen molar-refractivity contribution in [1.29, 1.82) is 0 Å². The zero-order valence-electron chi connectivity index (χ0n) is 8.46. The van der Waals surface area contributed by atoms with E-state index in [4.69, 9.17) is 0 Å². The Morgan fingerprint density at radius 3 is 2.73 bits per heavy atom. The van der Waals surface area contributed by atoms with Gasteiger partial charge in [0, 0.05) is 0 Å². The van der Waals surface area contributed by atoms with Crippen molar-refractivity contribution in [3.8, 4) is 0 Å². The van der Waals surface area contributed by atoms with Gasteiger partial charge in [-0.25, -0.2) is 18.6 Å². The molecule has 1 aromatic rings. The zero-order chi connectivity index (χ0) is 11.4. The molecule has 0 amide bonds. The molecular formula is C10H11F2NO2. The minimum absolute atomic E-state index is 0.0854. The Hall–Kier alpha value is -1.52. The fourth-order valence-corrected chi connectivity index (χ4v) is 1.08. The van der Waals surface area contributed by atoms with Gasteiger partial charge in [0.25, 0.3) is 6.43 Å². The predicted molar refractivity (Wildman–Crippen MR) is 49.9 cm³/mol. The second-order valence-electron chi connectivity index (χ2n) is 2.92. The van der Waals surface area contributed by atoms with Crippen LogP contribution in [0, 0.1) is 6.92 Å². The van der Waals surface area contributed by atoms with Crippen molar-refractivity contribution in [1.82, 2.24) is 4.98 Å². The molecule has 0 saturated heterocycles. The Morgan fingerprint density at radius 2 is 2.20 bits per heavy atom. The number of ether oxygens (including phenoxy) is 1. The zero-order valence-corrected chi connectivity index (χ0v) is 8.46. The number of carbonyl (C=O) groups excluding carboxylic acids is 1. The first-order valence-corrected chi connectivity index (χ1v) is 4.49. The van der Waals surface area contributed by atoms with Crippen molar-refractivity contribution in [2.75, 3.05) is 6.61 Å². The highest BCUT2D eigenvalue weighted by Crippen LogP contribution is 2.20. The number of hydrogen-bond donors (Lipinski definition) is 0. The summed E-state index contributed by atoms with van der Waals surface area (Å²) in [5.74, 6) is -0.681. The number of nitrogens with zero attached hydrogens (tertiary/aromatic N) is 1. The van der Waals surface area contributed by atoms with Gasteiger partial charge in [-0.05, 0) is 25.5 Å². The van der Waals surface area contributed by atoms with Gasteiger partial charge in [0.1, 0.15) is 11.4 Å². The highest BCUT2D eigenvalue weighted by Gasteiger charge is 2.16. The van der Waals surface area contributed by atoms with E-state index in [-0.39, 0.29) is 18.0 Å². The third-order valence-corrected chi connectivity index (χ3v) is 1.83. The number of carbonyl (C=O) groups is 1. The van der Waals surface area contributed by atoms with Gasteiger partial charge in [0.05, 0.1) is 6.61 Å². The summed E-state index contributed by atoms with van der Waals surface area (Å²) < 4.78 is 29.5. The first-order valence-electron chi connectivity index (χ1n) is 4.49. The summed E-state index contributed by atoms with van der Waals surface area (Å²) in [6, 6.07) is 2.81.